The van der Waals surface area contributed by atoms with Crippen LogP contribution >= 0.6 is 11.3 Å². The Morgan fingerprint density at radius 3 is 1.86 bits per heavy atom. The number of Topliss-reactive ketones (excluding diaryl/α,β-unsaturated/α-hetero) is 1. The van der Waals surface area contributed by atoms with Crippen LogP contribution in [0.4, 0.5) is 23.2 Å². The van der Waals surface area contributed by atoms with Crippen LogP contribution < -0.4 is 5.43 Å². The summed E-state index contributed by atoms with van der Waals surface area (Å²) >= 11 is 1.39. The molecule has 0 saturated heterocycles. The number of nitrogens with one attached hydrogen (secondary N) is 1. The zero-order valence-electron chi connectivity index (χ0n) is 20.9. The Labute approximate surface area is 207 Å². The molecule has 2 aromatic rings. The van der Waals surface area contributed by atoms with Crippen LogP contribution in [0, 0.1) is 34.1 Å². The summed E-state index contributed by atoms with van der Waals surface area (Å²) in [5, 5.41) is 3.29. The van der Waals surface area contributed by atoms with Gasteiger partial charge >= 0.3 is 0 Å². The minimum atomic E-state index is -1.52. The molecule has 1 heterocycles. The Hall–Kier alpha value is -2.87. The molecule has 1 aromatic carbocycles. The van der Waals surface area contributed by atoms with Gasteiger partial charge in [0, 0.05) is 29.3 Å². The van der Waals surface area contributed by atoms with E-state index in [-0.39, 0.29) is 18.4 Å². The van der Waals surface area contributed by atoms with Gasteiger partial charge in [-0.05, 0) is 41.4 Å². The van der Waals surface area contributed by atoms with Crippen LogP contribution in [0.25, 0.3) is 5.70 Å². The number of halogens is 4. The molecule has 35 heavy (non-hydrogen) atoms. The quantitative estimate of drug-likeness (QED) is 0.254. The minimum Gasteiger partial charge on any atom is -0.293 e. The second-order valence-corrected chi connectivity index (χ2v) is 11.4. The van der Waals surface area contributed by atoms with Crippen LogP contribution in [0.15, 0.2) is 52.5 Å². The van der Waals surface area contributed by atoms with Crippen molar-refractivity contribution in [3.05, 3.63) is 80.6 Å². The van der Waals surface area contributed by atoms with Gasteiger partial charge in [-0.25, -0.2) is 17.6 Å². The molecule has 188 valence electrons. The van der Waals surface area contributed by atoms with Crippen LogP contribution in [-0.4, -0.2) is 17.3 Å². The molecule has 3 nitrogen and oxygen atoms in total. The maximum Gasteiger partial charge on any atom is 0.186 e. The van der Waals surface area contributed by atoms with Crippen LogP contribution in [-0.2, 0) is 4.79 Å². The number of allylic oxidation sites excluding steroid dienone is 5. The van der Waals surface area contributed by atoms with Gasteiger partial charge in [0.2, 0.25) is 0 Å². The van der Waals surface area contributed by atoms with E-state index >= 15 is 0 Å². The first-order chi connectivity index (χ1) is 16.2. The Morgan fingerprint density at radius 1 is 0.943 bits per heavy atom. The number of rotatable bonds is 5. The topological polar surface area (TPSA) is 32.3 Å². The Balaban J connectivity index is 2.31. The molecule has 1 aliphatic rings. The normalized spacial score (nSPS) is 14.6. The number of hydrogen-bond acceptors (Lipinski definition) is 4. The van der Waals surface area contributed by atoms with Gasteiger partial charge in [-0.3, -0.25) is 15.2 Å². The average Bonchev–Trinajstić information content (AvgIpc) is 3.27. The van der Waals surface area contributed by atoms with E-state index in [0.29, 0.717) is 22.4 Å². The predicted molar refractivity (Wildman–Crippen MR) is 134 cm³/mol. The summed E-state index contributed by atoms with van der Waals surface area (Å²) in [5.74, 6) is -6.09. The molecule has 0 radical (unpaired) electrons. The maximum atomic E-state index is 14.5. The van der Waals surface area contributed by atoms with E-state index < -0.39 is 39.8 Å². The first-order valence-electron chi connectivity index (χ1n) is 11.3. The van der Waals surface area contributed by atoms with Crippen molar-refractivity contribution in [2.45, 2.75) is 48.5 Å². The summed E-state index contributed by atoms with van der Waals surface area (Å²) in [7, 11) is 0. The molecular formula is C27H30F4N2OS. The van der Waals surface area contributed by atoms with Crippen molar-refractivity contribution in [1.29, 1.82) is 0 Å². The average molecular weight is 507 g/mol. The van der Waals surface area contributed by atoms with Crippen LogP contribution in [0.3, 0.4) is 0 Å². The van der Waals surface area contributed by atoms with Crippen molar-refractivity contribution in [2.24, 2.45) is 10.8 Å². The fourth-order valence-corrected chi connectivity index (χ4v) is 4.62. The molecule has 0 aliphatic heterocycles. The zero-order valence-corrected chi connectivity index (χ0v) is 21.8. The van der Waals surface area contributed by atoms with Crippen molar-refractivity contribution in [1.82, 2.24) is 5.01 Å². The number of carbonyl (C=O) groups excluding carboxylic acids is 1. The highest BCUT2D eigenvalue weighted by atomic mass is 32.1. The van der Waals surface area contributed by atoms with Gasteiger partial charge in [0.15, 0.2) is 29.1 Å². The van der Waals surface area contributed by atoms with Gasteiger partial charge in [-0.1, -0.05) is 47.6 Å². The third kappa shape index (κ3) is 5.37. The van der Waals surface area contributed by atoms with Gasteiger partial charge in [-0.15, -0.1) is 11.3 Å². The van der Waals surface area contributed by atoms with Gasteiger partial charge in [-0.2, -0.15) is 0 Å². The highest BCUT2D eigenvalue weighted by Gasteiger charge is 2.35. The first-order valence-corrected chi connectivity index (χ1v) is 12.2. The standard InChI is InChI=1S/C27H30F4N2OS/c1-8-33(32-23-21(30)18(28)14-19(29)22(23)31)24(20-10-9-11-35-20)15-12-16(26(2,3)4)25(34)17(13-15)27(5,6)7/h9-14,32H,8H2,1-7H3. The lowest BCUT2D eigenvalue weighted by atomic mass is 9.71. The Morgan fingerprint density at radius 2 is 1.46 bits per heavy atom. The van der Waals surface area contributed by atoms with Gasteiger partial charge in [0.1, 0.15) is 5.69 Å². The monoisotopic (exact) mass is 506 g/mol. The van der Waals surface area contributed by atoms with E-state index in [0.717, 1.165) is 4.88 Å². The van der Waals surface area contributed by atoms with Crippen LogP contribution in [0.2, 0.25) is 0 Å². The number of carbonyl (C=O) groups is 1. The summed E-state index contributed by atoms with van der Waals surface area (Å²) in [5.41, 5.74) is 3.06. The van der Waals surface area contributed by atoms with E-state index in [9.17, 15) is 22.4 Å². The molecule has 0 fully saturated rings. The lowest BCUT2D eigenvalue weighted by Crippen LogP contribution is -2.32. The van der Waals surface area contributed by atoms with E-state index in [2.05, 4.69) is 5.43 Å². The summed E-state index contributed by atoms with van der Waals surface area (Å²) in [6.07, 6.45) is 3.58. The highest BCUT2D eigenvalue weighted by Crippen LogP contribution is 2.42. The summed E-state index contributed by atoms with van der Waals surface area (Å²) in [6.45, 7) is 13.6. The van der Waals surface area contributed by atoms with Crippen molar-refractivity contribution in [3.8, 4) is 0 Å². The molecule has 0 bridgehead atoms. The van der Waals surface area contributed by atoms with Crippen molar-refractivity contribution in [3.63, 3.8) is 0 Å². The summed E-state index contributed by atoms with van der Waals surface area (Å²) in [4.78, 5) is 14.1. The smallest absolute Gasteiger partial charge is 0.186 e. The number of nitrogens with zero attached hydrogens (tertiary/aromatic N) is 1. The number of hydrogen-bond donors (Lipinski definition) is 1. The predicted octanol–water partition coefficient (Wildman–Crippen LogP) is 7.89. The third-order valence-corrected chi connectivity index (χ3v) is 6.55. The summed E-state index contributed by atoms with van der Waals surface area (Å²) in [6, 6.07) is 3.84. The second kappa shape index (κ2) is 9.64. The highest BCUT2D eigenvalue weighted by molar-refractivity contribution is 7.11. The first kappa shape index (κ1) is 26.7. The van der Waals surface area contributed by atoms with Crippen molar-refractivity contribution < 1.29 is 22.4 Å². The SMILES string of the molecule is CCN(Nc1c(F)c(F)cc(F)c1F)C(=C1C=C(C(C)(C)C)C(=O)C(C(C)(C)C)=C1)c1cccs1. The van der Waals surface area contributed by atoms with Gasteiger partial charge in [0.25, 0.3) is 0 Å². The van der Waals surface area contributed by atoms with E-state index in [1.54, 1.807) is 19.1 Å². The largest absolute Gasteiger partial charge is 0.293 e. The molecule has 0 atom stereocenters. The lowest BCUT2D eigenvalue weighted by molar-refractivity contribution is -0.114. The lowest BCUT2D eigenvalue weighted by Gasteiger charge is -2.34. The fourth-order valence-electron chi connectivity index (χ4n) is 3.82. The van der Waals surface area contributed by atoms with Gasteiger partial charge in [0.05, 0.1) is 10.6 Å². The Bertz CT molecular complexity index is 1170. The Kier molecular flexibility index (Phi) is 7.37. The van der Waals surface area contributed by atoms with Crippen LogP contribution in [0.1, 0.15) is 53.3 Å². The zero-order chi connectivity index (χ0) is 26.3. The summed E-state index contributed by atoms with van der Waals surface area (Å²) < 4.78 is 56.9. The molecule has 1 N–H and O–H groups in total. The number of thiophene rings is 1. The molecule has 0 saturated carbocycles. The maximum absolute atomic E-state index is 14.5. The van der Waals surface area contributed by atoms with Crippen LogP contribution in [0.5, 0.6) is 0 Å². The molecule has 1 aliphatic carbocycles. The second-order valence-electron chi connectivity index (χ2n) is 10.4. The molecule has 0 spiro atoms. The number of ketones is 1. The van der Waals surface area contributed by atoms with Crippen molar-refractivity contribution in [2.75, 3.05) is 12.0 Å². The van der Waals surface area contributed by atoms with E-state index in [1.807, 2.05) is 59.1 Å². The molecule has 1 aromatic heterocycles. The molecule has 8 heteroatoms. The fraction of sp³-hybridized carbons (Fsp3) is 0.370. The molecule has 3 rings (SSSR count). The number of benzene rings is 1. The minimum absolute atomic E-state index is 0.0559. The van der Waals surface area contributed by atoms with Crippen molar-refractivity contribution >= 4 is 28.5 Å². The number of anilines is 1. The molecular weight excluding hydrogens is 476 g/mol. The van der Waals surface area contributed by atoms with Gasteiger partial charge < -0.3 is 0 Å². The molecule has 0 amide bonds. The number of hydrazine groups is 1. The molecule has 0 unspecified atom stereocenters. The third-order valence-electron chi connectivity index (χ3n) is 5.68. The van der Waals surface area contributed by atoms with E-state index in [4.69, 9.17) is 0 Å². The van der Waals surface area contributed by atoms with E-state index in [1.165, 1.54) is 16.3 Å².